The van der Waals surface area contributed by atoms with Gasteiger partial charge < -0.3 is 10.6 Å². The van der Waals surface area contributed by atoms with Gasteiger partial charge in [0.25, 0.3) is 0 Å². The maximum absolute atomic E-state index is 7.24. The summed E-state index contributed by atoms with van der Waals surface area (Å²) in [5.74, 6) is -0.0111. The Hall–Kier alpha value is -0.740. The third kappa shape index (κ3) is 2.35. The summed E-state index contributed by atoms with van der Waals surface area (Å²) in [5, 5.41) is 7.88. The summed E-state index contributed by atoms with van der Waals surface area (Å²) in [6.07, 6.45) is 0. The lowest BCUT2D eigenvalue weighted by Gasteiger charge is -2.18. The molecule has 0 bridgehead atoms. The molecule has 0 aliphatic carbocycles. The van der Waals surface area contributed by atoms with Gasteiger partial charge in [0.1, 0.15) is 0 Å². The van der Waals surface area contributed by atoms with Crippen molar-refractivity contribution in [3.05, 3.63) is 27.7 Å². The highest BCUT2D eigenvalue weighted by Gasteiger charge is 2.07. The van der Waals surface area contributed by atoms with Gasteiger partial charge in [-0.3, -0.25) is 5.41 Å². The molecule has 0 atom stereocenters. The number of benzene rings is 1. The average molecular weight is 263 g/mol. The summed E-state index contributed by atoms with van der Waals surface area (Å²) in [4.78, 5) is 1.56. The second-order valence-corrected chi connectivity index (χ2v) is 3.83. The Kier molecular flexibility index (Phi) is 3.17. The van der Waals surface area contributed by atoms with Crippen molar-refractivity contribution in [1.29, 1.82) is 5.41 Å². The maximum atomic E-state index is 7.24. The summed E-state index contributed by atoms with van der Waals surface area (Å²) in [5.41, 5.74) is 6.15. The zero-order valence-electron chi connectivity index (χ0n) is 7.01. The van der Waals surface area contributed by atoms with Gasteiger partial charge in [-0.1, -0.05) is 11.6 Å². The normalized spacial score (nSPS) is 9.77. The van der Waals surface area contributed by atoms with Crippen LogP contribution in [-0.2, 0) is 0 Å². The van der Waals surface area contributed by atoms with Gasteiger partial charge in [-0.2, -0.15) is 0 Å². The molecule has 3 N–H and O–H groups in total. The monoisotopic (exact) mass is 261 g/mol. The summed E-state index contributed by atoms with van der Waals surface area (Å²) < 4.78 is 0.817. The third-order valence-electron chi connectivity index (χ3n) is 1.63. The smallest absolute Gasteiger partial charge is 0.192 e. The van der Waals surface area contributed by atoms with Crippen LogP contribution in [0.5, 0.6) is 0 Å². The van der Waals surface area contributed by atoms with Crippen molar-refractivity contribution >= 4 is 39.2 Å². The lowest BCUT2D eigenvalue weighted by Crippen LogP contribution is -2.32. The summed E-state index contributed by atoms with van der Waals surface area (Å²) >= 11 is 9.11. The van der Waals surface area contributed by atoms with Crippen LogP contribution in [0.25, 0.3) is 0 Å². The fraction of sp³-hybridized carbons (Fsp3) is 0.125. The number of guanidine groups is 1. The van der Waals surface area contributed by atoms with Gasteiger partial charge in [-0.05, 0) is 34.1 Å². The molecule has 0 fully saturated rings. The van der Waals surface area contributed by atoms with Crippen LogP contribution >= 0.6 is 27.5 Å². The van der Waals surface area contributed by atoms with Gasteiger partial charge in [-0.15, -0.1) is 0 Å². The molecule has 3 nitrogen and oxygen atoms in total. The first-order chi connectivity index (χ1) is 6.02. The maximum Gasteiger partial charge on any atom is 0.192 e. The third-order valence-corrected chi connectivity index (χ3v) is 2.50. The second kappa shape index (κ2) is 3.98. The molecule has 13 heavy (non-hydrogen) atoms. The molecule has 0 saturated heterocycles. The van der Waals surface area contributed by atoms with E-state index in [9.17, 15) is 0 Å². The van der Waals surface area contributed by atoms with Crippen LogP contribution in [0, 0.1) is 5.41 Å². The zero-order chi connectivity index (χ0) is 10.0. The van der Waals surface area contributed by atoms with Crippen molar-refractivity contribution in [2.45, 2.75) is 0 Å². The van der Waals surface area contributed by atoms with E-state index in [0.717, 1.165) is 10.2 Å². The van der Waals surface area contributed by atoms with E-state index >= 15 is 0 Å². The quantitative estimate of drug-likeness (QED) is 0.603. The number of nitrogens with zero attached hydrogens (tertiary/aromatic N) is 1. The molecule has 0 amide bonds. The molecule has 70 valence electrons. The Labute approximate surface area is 90.1 Å². The van der Waals surface area contributed by atoms with Gasteiger partial charge in [0.05, 0.1) is 5.69 Å². The molecule has 0 aromatic heterocycles. The van der Waals surface area contributed by atoms with Gasteiger partial charge in [0.2, 0.25) is 0 Å². The molecule has 0 spiro atoms. The molecule has 0 aliphatic heterocycles. The number of nitrogens with one attached hydrogen (secondary N) is 1. The minimum absolute atomic E-state index is 0.0111. The Morgan fingerprint density at radius 3 is 2.69 bits per heavy atom. The molecule has 1 rings (SSSR count). The minimum atomic E-state index is -0.0111. The molecule has 0 saturated carbocycles. The van der Waals surface area contributed by atoms with E-state index in [1.165, 1.54) is 0 Å². The molecule has 0 unspecified atom stereocenters. The highest BCUT2D eigenvalue weighted by molar-refractivity contribution is 9.10. The molecule has 0 aliphatic rings. The Bertz CT molecular complexity index is 340. The van der Waals surface area contributed by atoms with Gasteiger partial charge in [0.15, 0.2) is 5.96 Å². The number of hydrogen-bond acceptors (Lipinski definition) is 1. The molecule has 0 radical (unpaired) electrons. The zero-order valence-corrected chi connectivity index (χ0v) is 9.35. The van der Waals surface area contributed by atoms with Gasteiger partial charge >= 0.3 is 0 Å². The van der Waals surface area contributed by atoms with E-state index in [0.29, 0.717) is 5.02 Å². The molecule has 1 aromatic rings. The minimum Gasteiger partial charge on any atom is -0.370 e. The van der Waals surface area contributed by atoms with Crippen LogP contribution in [0.3, 0.4) is 0 Å². The van der Waals surface area contributed by atoms with E-state index in [-0.39, 0.29) is 5.96 Å². The standard InChI is InChI=1S/C8H9BrClN3/c1-13(8(11)12)7-3-2-5(10)4-6(7)9/h2-4H,1H3,(H3,11,12). The van der Waals surface area contributed by atoms with Crippen LogP contribution in [0.15, 0.2) is 22.7 Å². The largest absolute Gasteiger partial charge is 0.370 e. The molecule has 0 heterocycles. The predicted molar refractivity (Wildman–Crippen MR) is 59.5 cm³/mol. The first kappa shape index (κ1) is 10.3. The lowest BCUT2D eigenvalue weighted by atomic mass is 10.3. The number of nitrogens with two attached hydrogens (primary N) is 1. The highest BCUT2D eigenvalue weighted by Crippen LogP contribution is 2.28. The first-order valence-corrected chi connectivity index (χ1v) is 4.72. The van der Waals surface area contributed by atoms with E-state index in [2.05, 4.69) is 15.9 Å². The average Bonchev–Trinajstić information content (AvgIpc) is 2.03. The molecular formula is C8H9BrClN3. The van der Waals surface area contributed by atoms with E-state index in [1.807, 2.05) is 0 Å². The van der Waals surface area contributed by atoms with Gasteiger partial charge in [-0.25, -0.2) is 0 Å². The van der Waals surface area contributed by atoms with Crippen LogP contribution in [0.1, 0.15) is 0 Å². The Balaban J connectivity index is 3.08. The van der Waals surface area contributed by atoms with Crippen LogP contribution < -0.4 is 10.6 Å². The van der Waals surface area contributed by atoms with E-state index in [4.69, 9.17) is 22.7 Å². The van der Waals surface area contributed by atoms with Crippen molar-refractivity contribution in [2.75, 3.05) is 11.9 Å². The summed E-state index contributed by atoms with van der Waals surface area (Å²) in [7, 11) is 1.72. The van der Waals surface area contributed by atoms with Crippen molar-refractivity contribution in [3.63, 3.8) is 0 Å². The second-order valence-electron chi connectivity index (χ2n) is 2.54. The highest BCUT2D eigenvalue weighted by atomic mass is 79.9. The topological polar surface area (TPSA) is 53.1 Å². The van der Waals surface area contributed by atoms with Crippen LogP contribution in [0.4, 0.5) is 5.69 Å². The lowest BCUT2D eigenvalue weighted by molar-refractivity contribution is 1.19. The summed E-state index contributed by atoms with van der Waals surface area (Å²) in [6.45, 7) is 0. The van der Waals surface area contributed by atoms with Crippen molar-refractivity contribution in [2.24, 2.45) is 5.73 Å². The Morgan fingerprint density at radius 2 is 2.23 bits per heavy atom. The fourth-order valence-electron chi connectivity index (χ4n) is 0.883. The van der Waals surface area contributed by atoms with Crippen LogP contribution in [0.2, 0.25) is 5.02 Å². The number of rotatable bonds is 1. The van der Waals surface area contributed by atoms with Crippen molar-refractivity contribution in [3.8, 4) is 0 Å². The SMILES string of the molecule is CN(C(=N)N)c1ccc(Cl)cc1Br. The van der Waals surface area contributed by atoms with E-state index < -0.39 is 0 Å². The first-order valence-electron chi connectivity index (χ1n) is 3.55. The van der Waals surface area contributed by atoms with Crippen LogP contribution in [-0.4, -0.2) is 13.0 Å². The predicted octanol–water partition coefficient (Wildman–Crippen LogP) is 2.43. The Morgan fingerprint density at radius 1 is 1.62 bits per heavy atom. The fourth-order valence-corrected chi connectivity index (χ4v) is 1.83. The van der Waals surface area contributed by atoms with Gasteiger partial charge in [0, 0.05) is 16.5 Å². The molecule has 1 aromatic carbocycles. The molecular weight excluding hydrogens is 253 g/mol. The number of halogens is 2. The number of hydrogen-bond donors (Lipinski definition) is 2. The van der Waals surface area contributed by atoms with Crippen molar-refractivity contribution in [1.82, 2.24) is 0 Å². The van der Waals surface area contributed by atoms with E-state index in [1.54, 1.807) is 30.1 Å². The number of anilines is 1. The van der Waals surface area contributed by atoms with Crippen molar-refractivity contribution < 1.29 is 0 Å². The molecule has 5 heteroatoms. The summed E-state index contributed by atoms with van der Waals surface area (Å²) in [6, 6.07) is 5.31.